The van der Waals surface area contributed by atoms with Gasteiger partial charge in [-0.05, 0) is 6.07 Å². The molecule has 0 aliphatic carbocycles. The molecule has 0 radical (unpaired) electrons. The van der Waals surface area contributed by atoms with E-state index in [0.717, 1.165) is 10.7 Å². The van der Waals surface area contributed by atoms with Crippen LogP contribution in [0.25, 0.3) is 0 Å². The summed E-state index contributed by atoms with van der Waals surface area (Å²) in [5, 5.41) is 3.85. The van der Waals surface area contributed by atoms with Crippen LogP contribution >= 0.6 is 0 Å². The molecule has 0 spiro atoms. The van der Waals surface area contributed by atoms with E-state index < -0.39 is 11.9 Å². The second-order valence-electron chi connectivity index (χ2n) is 4.29. The maximum atomic E-state index is 12.4. The smallest absolute Gasteiger partial charge is 0.263 e. The van der Waals surface area contributed by atoms with E-state index in [1.165, 1.54) is 7.05 Å². The van der Waals surface area contributed by atoms with Gasteiger partial charge < -0.3 is 0 Å². The topological polar surface area (TPSA) is 17.8 Å². The minimum atomic E-state index is -4.33. The van der Waals surface area contributed by atoms with E-state index in [-0.39, 0.29) is 5.41 Å². The molecule has 2 nitrogen and oxygen atoms in total. The average Bonchev–Trinajstić information content (AvgIpc) is 2.27. The quantitative estimate of drug-likeness (QED) is 0.638. The largest absolute Gasteiger partial charge is 0.433 e. The van der Waals surface area contributed by atoms with E-state index in [4.69, 9.17) is 0 Å². The van der Waals surface area contributed by atoms with Crippen LogP contribution in [0.2, 0.25) is 0 Å². The van der Waals surface area contributed by atoms with Gasteiger partial charge in [-0.3, -0.25) is 4.68 Å². The Balaban J connectivity index is 3.19. The number of aryl methyl sites for hydroxylation is 1. The third-order valence-corrected chi connectivity index (χ3v) is 1.94. The Kier molecular flexibility index (Phi) is 2.37. The lowest BCUT2D eigenvalue weighted by Crippen LogP contribution is -2.12. The van der Waals surface area contributed by atoms with Crippen molar-refractivity contribution in [2.75, 3.05) is 0 Å². The summed E-state index contributed by atoms with van der Waals surface area (Å²) in [6, 6.07) is 1.10. The fourth-order valence-electron chi connectivity index (χ4n) is 1.10. The number of hydrogen-bond donors (Lipinski definition) is 0. The normalized spacial score (nSPS) is 13.4. The molecule has 1 aromatic heterocycles. The van der Waals surface area contributed by atoms with E-state index in [9.17, 15) is 13.2 Å². The molecule has 0 aromatic carbocycles. The van der Waals surface area contributed by atoms with Crippen molar-refractivity contribution < 1.29 is 13.2 Å². The monoisotopic (exact) mass is 206 g/mol. The molecule has 0 aliphatic rings. The molecule has 0 N–H and O–H groups in total. The highest BCUT2D eigenvalue weighted by molar-refractivity contribution is 5.19. The van der Waals surface area contributed by atoms with Gasteiger partial charge in [0.2, 0.25) is 0 Å². The summed E-state index contributed by atoms with van der Waals surface area (Å²) in [6.45, 7) is 5.49. The van der Waals surface area contributed by atoms with Crippen molar-refractivity contribution in [3.8, 4) is 0 Å². The van der Waals surface area contributed by atoms with Gasteiger partial charge in [0.1, 0.15) is 5.69 Å². The molecule has 1 aromatic rings. The number of halogens is 3. The van der Waals surface area contributed by atoms with Crippen LogP contribution in [0, 0.1) is 0 Å². The Bertz CT molecular complexity index is 331. The van der Waals surface area contributed by atoms with Crippen molar-refractivity contribution in [1.82, 2.24) is 9.78 Å². The first kappa shape index (κ1) is 11.1. The number of aromatic nitrogens is 2. The molecule has 80 valence electrons. The lowest BCUT2D eigenvalue weighted by molar-refractivity contribution is -0.143. The highest BCUT2D eigenvalue weighted by Crippen LogP contribution is 2.31. The van der Waals surface area contributed by atoms with Crippen LogP contribution in [0.15, 0.2) is 6.07 Å². The summed E-state index contributed by atoms with van der Waals surface area (Å²) in [6.07, 6.45) is -4.33. The van der Waals surface area contributed by atoms with Crippen LogP contribution in [0.4, 0.5) is 13.2 Å². The van der Waals surface area contributed by atoms with Gasteiger partial charge in [0.15, 0.2) is 0 Å². The van der Waals surface area contributed by atoms with Crippen molar-refractivity contribution >= 4 is 0 Å². The molecule has 0 amide bonds. The lowest BCUT2D eigenvalue weighted by Gasteiger charge is -2.13. The van der Waals surface area contributed by atoms with Crippen molar-refractivity contribution in [3.63, 3.8) is 0 Å². The fraction of sp³-hybridized carbons (Fsp3) is 0.667. The van der Waals surface area contributed by atoms with E-state index in [1.807, 2.05) is 20.8 Å². The molecule has 0 aliphatic heterocycles. The molecular weight excluding hydrogens is 193 g/mol. The Hall–Kier alpha value is -1.00. The molecule has 1 heterocycles. The molecule has 0 saturated heterocycles. The number of alkyl halides is 3. The minimum absolute atomic E-state index is 0.360. The van der Waals surface area contributed by atoms with Gasteiger partial charge >= 0.3 is 6.18 Å². The Morgan fingerprint density at radius 1 is 1.21 bits per heavy atom. The van der Waals surface area contributed by atoms with Crippen LogP contribution in [0.3, 0.4) is 0 Å². The Labute approximate surface area is 80.7 Å². The zero-order chi connectivity index (χ0) is 11.1. The first-order chi connectivity index (χ1) is 6.12. The standard InChI is InChI=1S/C9H13F3N2/c1-8(2,3)6-5-7(9(10,11)12)14(4)13-6/h5H,1-4H3. The van der Waals surface area contributed by atoms with Crippen LogP contribution in [0.5, 0.6) is 0 Å². The predicted molar refractivity (Wildman–Crippen MR) is 46.9 cm³/mol. The highest BCUT2D eigenvalue weighted by Gasteiger charge is 2.36. The molecule has 5 heteroatoms. The third kappa shape index (κ3) is 2.08. The summed E-state index contributed by atoms with van der Waals surface area (Å²) < 4.78 is 38.0. The van der Waals surface area contributed by atoms with Gasteiger partial charge in [0.05, 0.1) is 5.69 Å². The van der Waals surface area contributed by atoms with Gasteiger partial charge in [0, 0.05) is 12.5 Å². The van der Waals surface area contributed by atoms with Crippen molar-refractivity contribution in [3.05, 3.63) is 17.5 Å². The zero-order valence-corrected chi connectivity index (χ0v) is 8.61. The summed E-state index contributed by atoms with van der Waals surface area (Å²) in [5.74, 6) is 0. The zero-order valence-electron chi connectivity index (χ0n) is 8.61. The van der Waals surface area contributed by atoms with Crippen LogP contribution < -0.4 is 0 Å². The molecule has 0 saturated carbocycles. The SMILES string of the molecule is Cn1nc(C(C)(C)C)cc1C(F)(F)F. The van der Waals surface area contributed by atoms with Crippen molar-refractivity contribution in [2.45, 2.75) is 32.4 Å². The number of hydrogen-bond acceptors (Lipinski definition) is 1. The maximum absolute atomic E-state index is 12.4. The summed E-state index contributed by atoms with van der Waals surface area (Å²) in [4.78, 5) is 0. The average molecular weight is 206 g/mol. The van der Waals surface area contributed by atoms with E-state index >= 15 is 0 Å². The second kappa shape index (κ2) is 3.00. The van der Waals surface area contributed by atoms with E-state index in [0.29, 0.717) is 5.69 Å². The van der Waals surface area contributed by atoms with E-state index in [1.54, 1.807) is 0 Å². The molecular formula is C9H13F3N2. The molecule has 0 atom stereocenters. The van der Waals surface area contributed by atoms with E-state index in [2.05, 4.69) is 5.10 Å². The lowest BCUT2D eigenvalue weighted by atomic mass is 9.92. The minimum Gasteiger partial charge on any atom is -0.263 e. The van der Waals surface area contributed by atoms with Crippen molar-refractivity contribution in [1.29, 1.82) is 0 Å². The predicted octanol–water partition coefficient (Wildman–Crippen LogP) is 2.74. The third-order valence-electron chi connectivity index (χ3n) is 1.94. The Morgan fingerprint density at radius 2 is 1.71 bits per heavy atom. The summed E-state index contributed by atoms with van der Waals surface area (Å²) in [5.41, 5.74) is -0.615. The van der Waals surface area contributed by atoms with Crippen LogP contribution in [-0.4, -0.2) is 9.78 Å². The maximum Gasteiger partial charge on any atom is 0.433 e. The van der Waals surface area contributed by atoms with Gasteiger partial charge in [-0.25, -0.2) is 0 Å². The van der Waals surface area contributed by atoms with Gasteiger partial charge in [-0.1, -0.05) is 20.8 Å². The fourth-order valence-corrected chi connectivity index (χ4v) is 1.10. The van der Waals surface area contributed by atoms with Crippen LogP contribution in [-0.2, 0) is 18.6 Å². The van der Waals surface area contributed by atoms with Crippen LogP contribution in [0.1, 0.15) is 32.2 Å². The van der Waals surface area contributed by atoms with Gasteiger partial charge in [0.25, 0.3) is 0 Å². The molecule has 0 fully saturated rings. The first-order valence-corrected chi connectivity index (χ1v) is 4.24. The Morgan fingerprint density at radius 3 is 1.93 bits per heavy atom. The molecule has 0 bridgehead atoms. The summed E-state index contributed by atoms with van der Waals surface area (Å²) in [7, 11) is 1.30. The van der Waals surface area contributed by atoms with Crippen molar-refractivity contribution in [2.24, 2.45) is 7.05 Å². The molecule has 14 heavy (non-hydrogen) atoms. The summed E-state index contributed by atoms with van der Waals surface area (Å²) >= 11 is 0. The van der Waals surface area contributed by atoms with Gasteiger partial charge in [-0.15, -0.1) is 0 Å². The second-order valence-corrected chi connectivity index (χ2v) is 4.29. The molecule has 0 unspecified atom stereocenters. The molecule has 1 rings (SSSR count). The van der Waals surface area contributed by atoms with Gasteiger partial charge in [-0.2, -0.15) is 18.3 Å². The number of nitrogens with zero attached hydrogens (tertiary/aromatic N) is 2. The number of rotatable bonds is 0. The first-order valence-electron chi connectivity index (χ1n) is 4.24. The highest BCUT2D eigenvalue weighted by atomic mass is 19.4.